The number of amides is 1. The lowest BCUT2D eigenvalue weighted by atomic mass is 10.3. The van der Waals surface area contributed by atoms with Crippen molar-refractivity contribution in [1.82, 2.24) is 10.5 Å². The molecule has 7 heteroatoms. The van der Waals surface area contributed by atoms with Crippen molar-refractivity contribution in [3.05, 3.63) is 54.4 Å². The number of para-hydroxylation sites is 2. The van der Waals surface area contributed by atoms with Crippen LogP contribution in [0.1, 0.15) is 10.4 Å². The van der Waals surface area contributed by atoms with Crippen LogP contribution in [0.3, 0.4) is 0 Å². The van der Waals surface area contributed by atoms with Gasteiger partial charge in [-0.15, -0.1) is 0 Å². The predicted molar refractivity (Wildman–Crippen MR) is 78.1 cm³/mol. The van der Waals surface area contributed by atoms with Crippen LogP contribution < -0.4 is 15.6 Å². The Labute approximate surface area is 127 Å². The Bertz CT molecular complexity index is 630. The summed E-state index contributed by atoms with van der Waals surface area (Å²) < 4.78 is 10.6. The highest BCUT2D eigenvalue weighted by Crippen LogP contribution is 2.24. The fourth-order valence-corrected chi connectivity index (χ4v) is 1.90. The van der Waals surface area contributed by atoms with Crippen LogP contribution in [0.2, 0.25) is 0 Å². The number of nitrogens with zero attached hydrogens (tertiary/aromatic N) is 1. The van der Waals surface area contributed by atoms with E-state index in [4.69, 9.17) is 14.3 Å². The van der Waals surface area contributed by atoms with Gasteiger partial charge in [-0.25, -0.2) is 0 Å². The number of ether oxygens (including phenoxy) is 2. The molecule has 1 aliphatic rings. The number of carbonyl (C=O) groups is 1. The van der Waals surface area contributed by atoms with E-state index in [0.29, 0.717) is 30.2 Å². The van der Waals surface area contributed by atoms with Gasteiger partial charge >= 0.3 is 0 Å². The average molecular weight is 301 g/mol. The molecule has 114 valence electrons. The summed E-state index contributed by atoms with van der Waals surface area (Å²) in [7, 11) is 0. The third-order valence-electron chi connectivity index (χ3n) is 2.96. The van der Waals surface area contributed by atoms with E-state index in [1.54, 1.807) is 36.5 Å². The Morgan fingerprint density at radius 3 is 2.77 bits per heavy atom. The number of benzene rings is 1. The van der Waals surface area contributed by atoms with Crippen LogP contribution in [0.15, 0.2) is 48.8 Å². The van der Waals surface area contributed by atoms with E-state index in [9.17, 15) is 4.79 Å². The Morgan fingerprint density at radius 1 is 1.18 bits per heavy atom. The molecule has 1 amide bonds. The van der Waals surface area contributed by atoms with Crippen molar-refractivity contribution < 1.29 is 19.1 Å². The zero-order valence-corrected chi connectivity index (χ0v) is 11.7. The third-order valence-corrected chi connectivity index (χ3v) is 2.96. The molecule has 0 radical (unpaired) electrons. The topological polar surface area (TPSA) is 81.7 Å². The number of rotatable bonds is 5. The molecule has 3 rings (SSSR count). The number of aromatic nitrogens is 1. The van der Waals surface area contributed by atoms with Crippen LogP contribution in [-0.4, -0.2) is 30.5 Å². The van der Waals surface area contributed by atoms with E-state index >= 15 is 0 Å². The Kier molecular flexibility index (Phi) is 4.47. The number of hydrogen-bond acceptors (Lipinski definition) is 6. The molecule has 22 heavy (non-hydrogen) atoms. The third kappa shape index (κ3) is 3.51. The second-order valence-corrected chi connectivity index (χ2v) is 4.49. The SMILES string of the molecule is O=C(NOc1ccccc1NC1OCCO1)c1cccnc1. The van der Waals surface area contributed by atoms with Crippen LogP contribution in [0.5, 0.6) is 5.75 Å². The standard InChI is InChI=1S/C15H15N3O4/c19-14(11-4-3-7-16-10-11)18-22-13-6-2-1-5-12(13)17-15-20-8-9-21-15/h1-7,10,15,17H,8-9H2,(H,18,19). The molecule has 1 fully saturated rings. The zero-order valence-electron chi connectivity index (χ0n) is 11.7. The molecule has 0 unspecified atom stereocenters. The van der Waals surface area contributed by atoms with Crippen LogP contribution >= 0.6 is 0 Å². The molecule has 1 aromatic carbocycles. The van der Waals surface area contributed by atoms with Crippen molar-refractivity contribution in [2.45, 2.75) is 6.41 Å². The van der Waals surface area contributed by atoms with Crippen molar-refractivity contribution in [2.24, 2.45) is 0 Å². The minimum atomic E-state index is -0.515. The zero-order chi connectivity index (χ0) is 15.2. The summed E-state index contributed by atoms with van der Waals surface area (Å²) >= 11 is 0. The lowest BCUT2D eigenvalue weighted by Gasteiger charge is -2.16. The summed E-state index contributed by atoms with van der Waals surface area (Å²) in [5, 5.41) is 3.04. The number of pyridine rings is 1. The van der Waals surface area contributed by atoms with Crippen molar-refractivity contribution in [3.8, 4) is 5.75 Å². The molecule has 1 aliphatic heterocycles. The lowest BCUT2D eigenvalue weighted by Crippen LogP contribution is -2.28. The maximum Gasteiger partial charge on any atom is 0.285 e. The first-order valence-corrected chi connectivity index (χ1v) is 6.79. The monoisotopic (exact) mass is 301 g/mol. The van der Waals surface area contributed by atoms with Gasteiger partial charge in [-0.1, -0.05) is 12.1 Å². The quantitative estimate of drug-likeness (QED) is 0.815. The van der Waals surface area contributed by atoms with Gasteiger partial charge in [0.1, 0.15) is 0 Å². The highest BCUT2D eigenvalue weighted by atomic mass is 16.7. The largest absolute Gasteiger partial charge is 0.377 e. The maximum atomic E-state index is 11.9. The Balaban J connectivity index is 1.63. The molecule has 2 heterocycles. The average Bonchev–Trinajstić information content (AvgIpc) is 3.07. The van der Waals surface area contributed by atoms with Crippen molar-refractivity contribution >= 4 is 11.6 Å². The van der Waals surface area contributed by atoms with Crippen LogP contribution in [0, 0.1) is 0 Å². The molecule has 0 atom stereocenters. The van der Waals surface area contributed by atoms with Gasteiger partial charge in [-0.05, 0) is 24.3 Å². The van der Waals surface area contributed by atoms with E-state index in [2.05, 4.69) is 15.8 Å². The van der Waals surface area contributed by atoms with E-state index in [-0.39, 0.29) is 5.91 Å². The fraction of sp³-hybridized carbons (Fsp3) is 0.200. The molecule has 2 aromatic rings. The number of nitrogens with one attached hydrogen (secondary N) is 2. The smallest absolute Gasteiger partial charge is 0.285 e. The minimum absolute atomic E-state index is 0.378. The van der Waals surface area contributed by atoms with Gasteiger partial charge in [0.05, 0.1) is 24.5 Å². The summed E-state index contributed by atoms with van der Waals surface area (Å²) in [5.74, 6) is 0.0788. The van der Waals surface area contributed by atoms with E-state index in [1.165, 1.54) is 6.20 Å². The minimum Gasteiger partial charge on any atom is -0.377 e. The molecule has 2 N–H and O–H groups in total. The summed E-state index contributed by atoms with van der Waals surface area (Å²) in [4.78, 5) is 21.2. The fourth-order valence-electron chi connectivity index (χ4n) is 1.90. The summed E-state index contributed by atoms with van der Waals surface area (Å²) in [6, 6.07) is 10.5. The van der Waals surface area contributed by atoms with Gasteiger partial charge < -0.3 is 19.6 Å². The van der Waals surface area contributed by atoms with Gasteiger partial charge in [0, 0.05) is 12.4 Å². The number of hydrogen-bond donors (Lipinski definition) is 2. The molecule has 0 saturated carbocycles. The van der Waals surface area contributed by atoms with E-state index < -0.39 is 6.41 Å². The first kappa shape index (κ1) is 14.3. The molecular weight excluding hydrogens is 286 g/mol. The first-order valence-electron chi connectivity index (χ1n) is 6.79. The second-order valence-electron chi connectivity index (χ2n) is 4.49. The van der Waals surface area contributed by atoms with Gasteiger partial charge in [0.25, 0.3) is 5.91 Å². The Hall–Kier alpha value is -2.64. The van der Waals surface area contributed by atoms with Gasteiger partial charge in [-0.3, -0.25) is 9.78 Å². The van der Waals surface area contributed by atoms with Crippen LogP contribution in [0.25, 0.3) is 0 Å². The van der Waals surface area contributed by atoms with Crippen molar-refractivity contribution in [3.63, 3.8) is 0 Å². The highest BCUT2D eigenvalue weighted by molar-refractivity contribution is 5.93. The normalized spacial score (nSPS) is 14.5. The lowest BCUT2D eigenvalue weighted by molar-refractivity contribution is -0.0179. The van der Waals surface area contributed by atoms with Crippen molar-refractivity contribution in [2.75, 3.05) is 18.5 Å². The molecule has 0 bridgehead atoms. The summed E-state index contributed by atoms with van der Waals surface area (Å²) in [5.41, 5.74) is 3.45. The molecular formula is C15H15N3O4. The molecule has 1 aromatic heterocycles. The molecule has 7 nitrogen and oxygen atoms in total. The first-order chi connectivity index (χ1) is 10.8. The van der Waals surface area contributed by atoms with Gasteiger partial charge in [0.2, 0.25) is 6.41 Å². The molecule has 1 saturated heterocycles. The van der Waals surface area contributed by atoms with Gasteiger partial charge in [-0.2, -0.15) is 5.48 Å². The summed E-state index contributed by atoms with van der Waals surface area (Å²) in [6.07, 6.45) is 2.54. The second kappa shape index (κ2) is 6.88. The molecule has 0 spiro atoms. The Morgan fingerprint density at radius 2 is 2.00 bits per heavy atom. The number of anilines is 1. The van der Waals surface area contributed by atoms with E-state index in [0.717, 1.165) is 0 Å². The predicted octanol–water partition coefficient (Wildman–Crippen LogP) is 1.55. The van der Waals surface area contributed by atoms with Crippen LogP contribution in [-0.2, 0) is 9.47 Å². The highest BCUT2D eigenvalue weighted by Gasteiger charge is 2.17. The van der Waals surface area contributed by atoms with E-state index in [1.807, 2.05) is 6.07 Å². The summed E-state index contributed by atoms with van der Waals surface area (Å²) in [6.45, 7) is 1.08. The molecule has 0 aliphatic carbocycles. The van der Waals surface area contributed by atoms with Crippen LogP contribution in [0.4, 0.5) is 5.69 Å². The number of hydroxylamine groups is 1. The van der Waals surface area contributed by atoms with Crippen molar-refractivity contribution in [1.29, 1.82) is 0 Å². The maximum absolute atomic E-state index is 11.9. The number of carbonyl (C=O) groups excluding carboxylic acids is 1. The van der Waals surface area contributed by atoms with Gasteiger partial charge in [0.15, 0.2) is 5.75 Å².